The normalized spacial score (nSPS) is 17.4. The van der Waals surface area contributed by atoms with Crippen molar-refractivity contribution in [3.05, 3.63) is 18.2 Å². The molecule has 150 valence electrons. The van der Waals surface area contributed by atoms with Crippen molar-refractivity contribution in [3.63, 3.8) is 0 Å². The second-order valence-corrected chi connectivity index (χ2v) is 9.21. The topological polar surface area (TPSA) is 76.2 Å². The van der Waals surface area contributed by atoms with Crippen LogP contribution in [0.1, 0.15) is 39.0 Å². The highest BCUT2D eigenvalue weighted by Gasteiger charge is 2.29. The molecule has 1 aliphatic carbocycles. The summed E-state index contributed by atoms with van der Waals surface area (Å²) in [6.07, 6.45) is 5.38. The maximum atomic E-state index is 12.8. The molecule has 0 unspecified atom stereocenters. The van der Waals surface area contributed by atoms with Crippen LogP contribution in [0.15, 0.2) is 18.2 Å². The first-order chi connectivity index (χ1) is 12.9. The number of likely N-dealkylation sites (N-methyl/N-ethyl adjacent to an activating group) is 1. The van der Waals surface area contributed by atoms with E-state index < -0.39 is 10.0 Å². The van der Waals surface area contributed by atoms with Gasteiger partial charge in [-0.15, -0.1) is 0 Å². The van der Waals surface area contributed by atoms with Crippen LogP contribution in [0, 0.1) is 0 Å². The van der Waals surface area contributed by atoms with Crippen molar-refractivity contribution in [3.8, 4) is 11.5 Å². The summed E-state index contributed by atoms with van der Waals surface area (Å²) < 4.78 is 37.6. The molecule has 2 aliphatic rings. The first kappa shape index (κ1) is 19.8. The Morgan fingerprint density at radius 1 is 1.11 bits per heavy atom. The van der Waals surface area contributed by atoms with Crippen LogP contribution < -0.4 is 13.8 Å². The lowest BCUT2D eigenvalue weighted by atomic mass is 9.94. The van der Waals surface area contributed by atoms with E-state index in [1.807, 2.05) is 0 Å². The van der Waals surface area contributed by atoms with Crippen molar-refractivity contribution in [1.82, 2.24) is 4.90 Å². The Morgan fingerprint density at radius 2 is 1.78 bits per heavy atom. The average Bonchev–Trinajstić information content (AvgIpc) is 2.71. The molecule has 0 N–H and O–H groups in total. The number of amides is 1. The molecule has 1 heterocycles. The number of ether oxygens (including phenoxy) is 2. The molecular formula is C19H28N2O5S. The number of benzene rings is 1. The van der Waals surface area contributed by atoms with Gasteiger partial charge in [-0.3, -0.25) is 9.10 Å². The van der Waals surface area contributed by atoms with Gasteiger partial charge in [0.25, 0.3) is 0 Å². The van der Waals surface area contributed by atoms with Gasteiger partial charge in [0.15, 0.2) is 11.5 Å². The fourth-order valence-electron chi connectivity index (χ4n) is 3.60. The lowest BCUT2D eigenvalue weighted by Gasteiger charge is -2.33. The van der Waals surface area contributed by atoms with Crippen LogP contribution in [0.3, 0.4) is 0 Å². The molecule has 1 saturated carbocycles. The van der Waals surface area contributed by atoms with E-state index in [0.717, 1.165) is 25.7 Å². The van der Waals surface area contributed by atoms with Gasteiger partial charge in [-0.2, -0.15) is 0 Å². The van der Waals surface area contributed by atoms with Crippen LogP contribution in [0.2, 0.25) is 0 Å². The molecule has 0 bridgehead atoms. The predicted molar refractivity (Wildman–Crippen MR) is 104 cm³/mol. The van der Waals surface area contributed by atoms with E-state index in [4.69, 9.17) is 9.47 Å². The van der Waals surface area contributed by atoms with Crippen molar-refractivity contribution in [1.29, 1.82) is 0 Å². The van der Waals surface area contributed by atoms with Crippen LogP contribution >= 0.6 is 0 Å². The Kier molecular flexibility index (Phi) is 6.14. The maximum absolute atomic E-state index is 12.8. The third-order valence-electron chi connectivity index (χ3n) is 5.31. The molecule has 1 fully saturated rings. The highest BCUT2D eigenvalue weighted by atomic mass is 32.2. The number of carbonyl (C=O) groups is 1. The summed E-state index contributed by atoms with van der Waals surface area (Å²) >= 11 is 0. The zero-order chi connectivity index (χ0) is 19.4. The number of fused-ring (bicyclic) bond motifs is 1. The quantitative estimate of drug-likeness (QED) is 0.738. The Hall–Kier alpha value is -1.96. The summed E-state index contributed by atoms with van der Waals surface area (Å²) in [5.41, 5.74) is 0.423. The zero-order valence-electron chi connectivity index (χ0n) is 16.0. The molecule has 0 aromatic heterocycles. The Labute approximate surface area is 161 Å². The van der Waals surface area contributed by atoms with Gasteiger partial charge in [-0.25, -0.2) is 8.42 Å². The number of nitrogens with zero attached hydrogens (tertiary/aromatic N) is 2. The summed E-state index contributed by atoms with van der Waals surface area (Å²) in [4.78, 5) is 14.6. The first-order valence-corrected chi connectivity index (χ1v) is 11.2. The summed E-state index contributed by atoms with van der Waals surface area (Å²) in [5, 5.41) is 0. The molecule has 1 amide bonds. The SMILES string of the molecule is CCS(=O)(=O)N(CC(=O)N(C)C1CCCCC1)c1ccc2c(c1)OCCO2. The number of sulfonamides is 1. The molecule has 0 atom stereocenters. The fourth-order valence-corrected chi connectivity index (χ4v) is 4.65. The van der Waals surface area contributed by atoms with Crippen LogP contribution in [0.4, 0.5) is 5.69 Å². The molecule has 0 saturated heterocycles. The second kappa shape index (κ2) is 8.37. The van der Waals surface area contributed by atoms with E-state index in [1.54, 1.807) is 37.1 Å². The molecule has 0 spiro atoms. The van der Waals surface area contributed by atoms with Gasteiger partial charge >= 0.3 is 0 Å². The molecule has 8 heteroatoms. The molecule has 7 nitrogen and oxygen atoms in total. The molecule has 27 heavy (non-hydrogen) atoms. The van der Waals surface area contributed by atoms with Crippen molar-refractivity contribution in [2.45, 2.75) is 45.1 Å². The predicted octanol–water partition coefficient (Wildman–Crippen LogP) is 2.41. The van der Waals surface area contributed by atoms with E-state index in [2.05, 4.69) is 0 Å². The molecular weight excluding hydrogens is 368 g/mol. The third-order valence-corrected chi connectivity index (χ3v) is 7.05. The van der Waals surface area contributed by atoms with Gasteiger partial charge in [0, 0.05) is 19.2 Å². The smallest absolute Gasteiger partial charge is 0.243 e. The van der Waals surface area contributed by atoms with E-state index in [9.17, 15) is 13.2 Å². The van der Waals surface area contributed by atoms with Crippen molar-refractivity contribution >= 4 is 21.6 Å². The lowest BCUT2D eigenvalue weighted by molar-refractivity contribution is -0.130. The minimum Gasteiger partial charge on any atom is -0.486 e. The highest BCUT2D eigenvalue weighted by molar-refractivity contribution is 7.92. The highest BCUT2D eigenvalue weighted by Crippen LogP contribution is 2.35. The number of anilines is 1. The van der Waals surface area contributed by atoms with Crippen LogP contribution in [0.25, 0.3) is 0 Å². The first-order valence-electron chi connectivity index (χ1n) is 9.58. The summed E-state index contributed by atoms with van der Waals surface area (Å²) in [6.45, 7) is 2.26. The summed E-state index contributed by atoms with van der Waals surface area (Å²) in [6, 6.07) is 5.18. The van der Waals surface area contributed by atoms with Gasteiger partial charge in [-0.05, 0) is 31.9 Å². The minimum atomic E-state index is -3.61. The van der Waals surface area contributed by atoms with Gasteiger partial charge < -0.3 is 14.4 Å². The van der Waals surface area contributed by atoms with E-state index in [0.29, 0.717) is 30.4 Å². The second-order valence-electron chi connectivity index (χ2n) is 7.03. The summed E-state index contributed by atoms with van der Waals surface area (Å²) in [7, 11) is -1.83. The van der Waals surface area contributed by atoms with Crippen LogP contribution in [0.5, 0.6) is 11.5 Å². The fraction of sp³-hybridized carbons (Fsp3) is 0.632. The van der Waals surface area contributed by atoms with Crippen LogP contribution in [-0.2, 0) is 14.8 Å². The van der Waals surface area contributed by atoms with E-state index in [-0.39, 0.29) is 24.2 Å². The van der Waals surface area contributed by atoms with Gasteiger partial charge in [0.05, 0.1) is 11.4 Å². The standard InChI is InChI=1S/C19H28N2O5S/c1-3-27(23,24)21(14-19(22)20(2)15-7-5-4-6-8-15)16-9-10-17-18(13-16)26-12-11-25-17/h9-10,13,15H,3-8,11-12,14H2,1-2H3. The Balaban J connectivity index is 1.82. The summed E-state index contributed by atoms with van der Waals surface area (Å²) in [5.74, 6) is 0.823. The van der Waals surface area contributed by atoms with Crippen molar-refractivity contribution in [2.75, 3.05) is 36.9 Å². The number of carbonyl (C=O) groups excluding carboxylic acids is 1. The van der Waals surface area contributed by atoms with E-state index in [1.165, 1.54) is 10.7 Å². The van der Waals surface area contributed by atoms with Crippen LogP contribution in [-0.4, -0.2) is 57.8 Å². The largest absolute Gasteiger partial charge is 0.486 e. The van der Waals surface area contributed by atoms with Crippen molar-refractivity contribution in [2.24, 2.45) is 0 Å². The molecule has 0 radical (unpaired) electrons. The molecule has 1 aromatic carbocycles. The van der Waals surface area contributed by atoms with Gasteiger partial charge in [-0.1, -0.05) is 19.3 Å². The van der Waals surface area contributed by atoms with E-state index >= 15 is 0 Å². The number of hydrogen-bond donors (Lipinski definition) is 0. The molecule has 1 aromatic rings. The van der Waals surface area contributed by atoms with Gasteiger partial charge in [0.1, 0.15) is 19.8 Å². The number of hydrogen-bond acceptors (Lipinski definition) is 5. The monoisotopic (exact) mass is 396 g/mol. The van der Waals surface area contributed by atoms with Gasteiger partial charge in [0.2, 0.25) is 15.9 Å². The van der Waals surface area contributed by atoms with Crippen molar-refractivity contribution < 1.29 is 22.7 Å². The Bertz CT molecular complexity index is 774. The lowest BCUT2D eigenvalue weighted by Crippen LogP contribution is -2.46. The Morgan fingerprint density at radius 3 is 2.44 bits per heavy atom. The minimum absolute atomic E-state index is 0.0815. The molecule has 1 aliphatic heterocycles. The maximum Gasteiger partial charge on any atom is 0.243 e. The number of rotatable bonds is 6. The zero-order valence-corrected chi connectivity index (χ0v) is 16.8. The average molecular weight is 397 g/mol. The molecule has 3 rings (SSSR count). The third kappa shape index (κ3) is 4.48.